The highest BCUT2D eigenvalue weighted by Gasteiger charge is 2.14. The van der Waals surface area contributed by atoms with Gasteiger partial charge in [-0.25, -0.2) is 4.79 Å². The molecular weight excluding hydrogens is 336 g/mol. The van der Waals surface area contributed by atoms with Gasteiger partial charge in [-0.05, 0) is 36.6 Å². The van der Waals surface area contributed by atoms with E-state index in [1.807, 2.05) is 0 Å². The normalized spacial score (nSPS) is 15.8. The van der Waals surface area contributed by atoms with Crippen molar-refractivity contribution < 1.29 is 19.2 Å². The Morgan fingerprint density at radius 2 is 1.73 bits per heavy atom. The van der Waals surface area contributed by atoms with Crippen LogP contribution < -0.4 is 5.32 Å². The number of non-ortho nitro benzene ring substituents is 1. The Bertz CT molecular complexity index is 646. The van der Waals surface area contributed by atoms with Gasteiger partial charge in [0.25, 0.3) is 11.6 Å². The van der Waals surface area contributed by atoms with Crippen LogP contribution in [-0.4, -0.2) is 29.4 Å². The van der Waals surface area contributed by atoms with Crippen molar-refractivity contribution in [3.05, 3.63) is 46.0 Å². The molecule has 0 spiro atoms. The molecule has 2 rings (SSSR count). The first kappa shape index (κ1) is 19.6. The first-order valence-electron chi connectivity index (χ1n) is 8.93. The number of hydrogen-bond acceptors (Lipinski definition) is 5. The van der Waals surface area contributed by atoms with E-state index in [0.29, 0.717) is 5.56 Å². The lowest BCUT2D eigenvalue weighted by Crippen LogP contribution is -2.37. The molecule has 1 aromatic carbocycles. The van der Waals surface area contributed by atoms with Crippen LogP contribution in [0.4, 0.5) is 5.69 Å². The van der Waals surface area contributed by atoms with Gasteiger partial charge in [-0.1, -0.05) is 32.1 Å². The fraction of sp³-hybridized carbons (Fsp3) is 0.474. The van der Waals surface area contributed by atoms with Crippen molar-refractivity contribution in [1.82, 2.24) is 5.32 Å². The number of esters is 1. The number of hydrogen-bond donors (Lipinski definition) is 1. The number of nitro groups is 1. The number of nitro benzene ring substituents is 1. The van der Waals surface area contributed by atoms with Crippen molar-refractivity contribution in [3.63, 3.8) is 0 Å². The molecule has 0 bridgehead atoms. The predicted molar refractivity (Wildman–Crippen MR) is 97.3 cm³/mol. The summed E-state index contributed by atoms with van der Waals surface area (Å²) in [5.74, 6) is -0.913. The van der Waals surface area contributed by atoms with E-state index < -0.39 is 10.9 Å². The molecule has 1 N–H and O–H groups in total. The van der Waals surface area contributed by atoms with Gasteiger partial charge in [0, 0.05) is 24.3 Å². The van der Waals surface area contributed by atoms with E-state index in [9.17, 15) is 19.7 Å². The third kappa shape index (κ3) is 7.04. The number of carbonyl (C=O) groups excluding carboxylic acids is 2. The second-order valence-electron chi connectivity index (χ2n) is 6.40. The van der Waals surface area contributed by atoms with Crippen LogP contribution in [0.25, 0.3) is 6.08 Å². The first-order chi connectivity index (χ1) is 12.5. The average molecular weight is 360 g/mol. The van der Waals surface area contributed by atoms with Crippen LogP contribution >= 0.6 is 0 Å². The van der Waals surface area contributed by atoms with Gasteiger partial charge < -0.3 is 10.1 Å². The van der Waals surface area contributed by atoms with Gasteiger partial charge in [0.15, 0.2) is 6.61 Å². The Hall–Kier alpha value is -2.70. The van der Waals surface area contributed by atoms with Gasteiger partial charge in [0.2, 0.25) is 0 Å². The Morgan fingerprint density at radius 1 is 1.12 bits per heavy atom. The molecule has 0 radical (unpaired) electrons. The molecule has 1 aromatic rings. The van der Waals surface area contributed by atoms with E-state index in [4.69, 9.17) is 4.74 Å². The SMILES string of the molecule is O=C(COC(=O)/C=C/c1ccc([N+](=O)[O-])cc1)NC1CCCCCCC1. The van der Waals surface area contributed by atoms with Crippen LogP contribution in [0.15, 0.2) is 30.3 Å². The quantitative estimate of drug-likeness (QED) is 0.363. The molecule has 1 saturated carbocycles. The highest BCUT2D eigenvalue weighted by atomic mass is 16.6. The fourth-order valence-corrected chi connectivity index (χ4v) is 2.93. The second-order valence-corrected chi connectivity index (χ2v) is 6.40. The fourth-order valence-electron chi connectivity index (χ4n) is 2.93. The van der Waals surface area contributed by atoms with Crippen LogP contribution in [0.5, 0.6) is 0 Å². The number of ether oxygens (including phenoxy) is 1. The van der Waals surface area contributed by atoms with Gasteiger partial charge >= 0.3 is 5.97 Å². The molecule has 1 fully saturated rings. The van der Waals surface area contributed by atoms with E-state index in [0.717, 1.165) is 25.7 Å². The van der Waals surface area contributed by atoms with Crippen LogP contribution in [-0.2, 0) is 14.3 Å². The van der Waals surface area contributed by atoms with Crippen LogP contribution in [0, 0.1) is 10.1 Å². The highest BCUT2D eigenvalue weighted by Crippen LogP contribution is 2.17. The molecule has 0 aliphatic heterocycles. The minimum Gasteiger partial charge on any atom is -0.452 e. The average Bonchev–Trinajstić information content (AvgIpc) is 2.60. The number of rotatable bonds is 6. The van der Waals surface area contributed by atoms with Crippen molar-refractivity contribution >= 4 is 23.6 Å². The van der Waals surface area contributed by atoms with E-state index in [2.05, 4.69) is 5.32 Å². The van der Waals surface area contributed by atoms with Crippen molar-refractivity contribution in [2.24, 2.45) is 0 Å². The lowest BCUT2D eigenvalue weighted by molar-refractivity contribution is -0.384. The summed E-state index contributed by atoms with van der Waals surface area (Å²) in [6, 6.07) is 5.94. The second kappa shape index (κ2) is 10.3. The first-order valence-corrected chi connectivity index (χ1v) is 8.93. The maximum absolute atomic E-state index is 11.9. The lowest BCUT2D eigenvalue weighted by atomic mass is 9.97. The molecule has 7 heteroatoms. The monoisotopic (exact) mass is 360 g/mol. The van der Waals surface area contributed by atoms with E-state index >= 15 is 0 Å². The zero-order valence-electron chi connectivity index (χ0n) is 14.7. The van der Waals surface area contributed by atoms with Gasteiger partial charge in [0.05, 0.1) is 4.92 Å². The molecule has 26 heavy (non-hydrogen) atoms. The summed E-state index contributed by atoms with van der Waals surface area (Å²) in [6.07, 6.45) is 10.5. The molecule has 1 aliphatic rings. The summed E-state index contributed by atoms with van der Waals surface area (Å²) in [5, 5.41) is 13.5. The standard InChI is InChI=1S/C19H24N2O5/c22-18(20-16-6-4-2-1-3-5-7-16)14-26-19(23)13-10-15-8-11-17(12-9-15)21(24)25/h8-13,16H,1-7,14H2,(H,20,22)/b13-10+. The largest absolute Gasteiger partial charge is 0.452 e. The molecule has 0 atom stereocenters. The number of amides is 1. The minimum atomic E-state index is -0.629. The zero-order valence-corrected chi connectivity index (χ0v) is 14.7. The Morgan fingerprint density at radius 3 is 2.35 bits per heavy atom. The Kier molecular flexibility index (Phi) is 7.79. The summed E-state index contributed by atoms with van der Waals surface area (Å²) >= 11 is 0. The maximum atomic E-state index is 11.9. The van der Waals surface area contributed by atoms with Gasteiger partial charge in [-0.15, -0.1) is 0 Å². The third-order valence-corrected chi connectivity index (χ3v) is 4.33. The molecule has 0 saturated heterocycles. The van der Waals surface area contributed by atoms with E-state index in [1.54, 1.807) is 0 Å². The zero-order chi connectivity index (χ0) is 18.8. The number of benzene rings is 1. The van der Waals surface area contributed by atoms with E-state index in [1.165, 1.54) is 55.7 Å². The predicted octanol–water partition coefficient (Wildman–Crippen LogP) is 3.38. The summed E-state index contributed by atoms with van der Waals surface area (Å²) in [4.78, 5) is 33.7. The molecule has 1 amide bonds. The molecule has 1 aliphatic carbocycles. The summed E-state index contributed by atoms with van der Waals surface area (Å²) in [6.45, 7) is -0.306. The highest BCUT2D eigenvalue weighted by molar-refractivity contribution is 5.89. The van der Waals surface area contributed by atoms with E-state index in [-0.39, 0.29) is 24.2 Å². The number of carbonyl (C=O) groups is 2. The molecular formula is C19H24N2O5. The van der Waals surface area contributed by atoms with Crippen molar-refractivity contribution in [1.29, 1.82) is 0 Å². The molecule has 7 nitrogen and oxygen atoms in total. The topological polar surface area (TPSA) is 98.5 Å². The van der Waals surface area contributed by atoms with Crippen molar-refractivity contribution in [2.45, 2.75) is 51.0 Å². The van der Waals surface area contributed by atoms with Gasteiger partial charge in [-0.3, -0.25) is 14.9 Å². The Labute approximate surface area is 152 Å². The molecule has 140 valence electrons. The lowest BCUT2D eigenvalue weighted by Gasteiger charge is -2.20. The van der Waals surface area contributed by atoms with Gasteiger partial charge in [0.1, 0.15) is 0 Å². The van der Waals surface area contributed by atoms with Gasteiger partial charge in [-0.2, -0.15) is 0 Å². The number of nitrogens with zero attached hydrogens (tertiary/aromatic N) is 1. The molecule has 0 heterocycles. The maximum Gasteiger partial charge on any atom is 0.331 e. The van der Waals surface area contributed by atoms with Crippen LogP contribution in [0.3, 0.4) is 0 Å². The summed E-state index contributed by atoms with van der Waals surface area (Å²) in [5.41, 5.74) is 0.613. The molecule has 0 unspecified atom stereocenters. The Balaban J connectivity index is 1.73. The third-order valence-electron chi connectivity index (χ3n) is 4.33. The summed E-state index contributed by atoms with van der Waals surface area (Å²) < 4.78 is 4.94. The van der Waals surface area contributed by atoms with Crippen molar-refractivity contribution in [3.8, 4) is 0 Å². The minimum absolute atomic E-state index is 0.0180. The summed E-state index contributed by atoms with van der Waals surface area (Å²) in [7, 11) is 0. The van der Waals surface area contributed by atoms with Crippen LogP contribution in [0.1, 0.15) is 50.5 Å². The number of nitrogens with one attached hydrogen (secondary N) is 1. The smallest absolute Gasteiger partial charge is 0.331 e. The van der Waals surface area contributed by atoms with Crippen LogP contribution in [0.2, 0.25) is 0 Å². The van der Waals surface area contributed by atoms with Crippen molar-refractivity contribution in [2.75, 3.05) is 6.61 Å². The molecule has 0 aromatic heterocycles.